The number of benzene rings is 1. The van der Waals surface area contributed by atoms with Gasteiger partial charge in [0.05, 0.1) is 14.2 Å². The minimum Gasteiger partial charge on any atom is -0.493 e. The van der Waals surface area contributed by atoms with Crippen LogP contribution in [0.4, 0.5) is 8.78 Å². The topological polar surface area (TPSA) is 44.5 Å². The van der Waals surface area contributed by atoms with E-state index >= 15 is 0 Å². The van der Waals surface area contributed by atoms with Crippen molar-refractivity contribution in [2.45, 2.75) is 12.8 Å². The lowest BCUT2D eigenvalue weighted by Gasteiger charge is -2.14. The number of ether oxygens (including phenoxy) is 2. The molecule has 90 valence electrons. The highest BCUT2D eigenvalue weighted by Gasteiger charge is 2.19. The number of hydrogen-bond donors (Lipinski definition) is 1. The molecule has 0 aliphatic rings. The van der Waals surface area contributed by atoms with Gasteiger partial charge in [0.15, 0.2) is 23.1 Å². The molecule has 0 amide bonds. The van der Waals surface area contributed by atoms with Gasteiger partial charge >= 0.3 is 0 Å². The second-order valence-electron chi connectivity index (χ2n) is 3.28. The molecule has 0 unspecified atom stereocenters. The summed E-state index contributed by atoms with van der Waals surface area (Å²) < 4.78 is 36.6. The van der Waals surface area contributed by atoms with Gasteiger partial charge in [-0.3, -0.25) is 0 Å². The molecular weight excluding hydrogens is 216 g/mol. The maximum atomic E-state index is 13.4. The molecule has 3 nitrogen and oxygen atoms in total. The van der Waals surface area contributed by atoms with Crippen LogP contribution in [0.15, 0.2) is 6.07 Å². The van der Waals surface area contributed by atoms with Crippen molar-refractivity contribution in [1.29, 1.82) is 0 Å². The molecule has 1 rings (SSSR count). The maximum Gasteiger partial charge on any atom is 0.168 e. The average molecular weight is 231 g/mol. The second kappa shape index (κ2) is 5.65. The fourth-order valence-corrected chi connectivity index (χ4v) is 1.58. The molecule has 0 aromatic heterocycles. The zero-order valence-electron chi connectivity index (χ0n) is 9.35. The monoisotopic (exact) mass is 231 g/mol. The summed E-state index contributed by atoms with van der Waals surface area (Å²) in [6.45, 7) is 0.435. The van der Waals surface area contributed by atoms with Crippen molar-refractivity contribution in [3.63, 3.8) is 0 Å². The molecule has 0 saturated heterocycles. The second-order valence-corrected chi connectivity index (χ2v) is 3.28. The zero-order valence-corrected chi connectivity index (χ0v) is 9.35. The summed E-state index contributed by atoms with van der Waals surface area (Å²) >= 11 is 0. The number of methoxy groups -OCH3 is 2. The Balaban J connectivity index is 3.25. The van der Waals surface area contributed by atoms with Crippen molar-refractivity contribution in [3.8, 4) is 11.5 Å². The summed E-state index contributed by atoms with van der Waals surface area (Å²) in [5.74, 6) is -1.42. The minimum atomic E-state index is -0.729. The molecule has 0 fully saturated rings. The molecule has 0 radical (unpaired) electrons. The minimum absolute atomic E-state index is 0.0201. The number of nitrogens with two attached hydrogens (primary N) is 1. The molecule has 5 heteroatoms. The number of halogens is 2. The van der Waals surface area contributed by atoms with Crippen LogP contribution in [0.2, 0.25) is 0 Å². The molecule has 1 aromatic carbocycles. The summed E-state index contributed by atoms with van der Waals surface area (Å²) in [5, 5.41) is 0. The van der Waals surface area contributed by atoms with Gasteiger partial charge in [-0.25, -0.2) is 8.78 Å². The predicted molar refractivity (Wildman–Crippen MR) is 56.8 cm³/mol. The first-order chi connectivity index (χ1) is 7.65. The van der Waals surface area contributed by atoms with Gasteiger partial charge in [0.2, 0.25) is 0 Å². The molecule has 0 saturated carbocycles. The van der Waals surface area contributed by atoms with Gasteiger partial charge in [-0.05, 0) is 19.4 Å². The Kier molecular flexibility index (Phi) is 4.49. The highest BCUT2D eigenvalue weighted by Crippen LogP contribution is 2.34. The van der Waals surface area contributed by atoms with Crippen molar-refractivity contribution in [1.82, 2.24) is 0 Å². The van der Waals surface area contributed by atoms with Crippen LogP contribution in [0.25, 0.3) is 0 Å². The SMILES string of the molecule is COc1c(F)cc(F)c(OC)c1CCCN. The lowest BCUT2D eigenvalue weighted by molar-refractivity contribution is 0.349. The quantitative estimate of drug-likeness (QED) is 0.841. The highest BCUT2D eigenvalue weighted by molar-refractivity contribution is 5.47. The first-order valence-electron chi connectivity index (χ1n) is 4.94. The smallest absolute Gasteiger partial charge is 0.168 e. The number of rotatable bonds is 5. The third-order valence-corrected chi connectivity index (χ3v) is 2.27. The third kappa shape index (κ3) is 2.41. The zero-order chi connectivity index (χ0) is 12.1. The van der Waals surface area contributed by atoms with Gasteiger partial charge < -0.3 is 15.2 Å². The Hall–Kier alpha value is -1.36. The van der Waals surface area contributed by atoms with E-state index in [-0.39, 0.29) is 11.5 Å². The van der Waals surface area contributed by atoms with E-state index in [1.165, 1.54) is 14.2 Å². The fraction of sp³-hybridized carbons (Fsp3) is 0.455. The Morgan fingerprint density at radius 1 is 1.12 bits per heavy atom. The van der Waals surface area contributed by atoms with Crippen LogP contribution in [0.1, 0.15) is 12.0 Å². The van der Waals surface area contributed by atoms with Crippen LogP contribution >= 0.6 is 0 Å². The van der Waals surface area contributed by atoms with E-state index in [9.17, 15) is 8.78 Å². The average Bonchev–Trinajstić information content (AvgIpc) is 2.26. The van der Waals surface area contributed by atoms with E-state index in [2.05, 4.69) is 0 Å². The van der Waals surface area contributed by atoms with Gasteiger partial charge in [0, 0.05) is 11.6 Å². The maximum absolute atomic E-state index is 13.4. The summed E-state index contributed by atoms with van der Waals surface area (Å²) in [5.41, 5.74) is 5.75. The van der Waals surface area contributed by atoms with Crippen LogP contribution < -0.4 is 15.2 Å². The summed E-state index contributed by atoms with van der Waals surface area (Å²) in [6.07, 6.45) is 1.02. The molecule has 0 bridgehead atoms. The Morgan fingerprint density at radius 2 is 1.62 bits per heavy atom. The summed E-state index contributed by atoms with van der Waals surface area (Å²) in [7, 11) is 2.67. The van der Waals surface area contributed by atoms with Crippen LogP contribution in [0, 0.1) is 11.6 Å². The molecular formula is C11H15F2NO2. The first kappa shape index (κ1) is 12.7. The van der Waals surface area contributed by atoms with E-state index in [1.54, 1.807) is 0 Å². The Bertz CT molecular complexity index is 341. The normalized spacial score (nSPS) is 10.3. The molecule has 0 atom stereocenters. The molecule has 1 aromatic rings. The van der Waals surface area contributed by atoms with E-state index in [0.717, 1.165) is 6.07 Å². The van der Waals surface area contributed by atoms with Crippen LogP contribution in [-0.4, -0.2) is 20.8 Å². The van der Waals surface area contributed by atoms with Crippen LogP contribution in [0.5, 0.6) is 11.5 Å². The van der Waals surface area contributed by atoms with Gasteiger partial charge in [0.25, 0.3) is 0 Å². The molecule has 16 heavy (non-hydrogen) atoms. The van der Waals surface area contributed by atoms with Gasteiger partial charge in [-0.2, -0.15) is 0 Å². The van der Waals surface area contributed by atoms with E-state index in [1.807, 2.05) is 0 Å². The van der Waals surface area contributed by atoms with E-state index < -0.39 is 11.6 Å². The third-order valence-electron chi connectivity index (χ3n) is 2.27. The number of hydrogen-bond acceptors (Lipinski definition) is 3. The summed E-state index contributed by atoms with van der Waals surface area (Å²) in [4.78, 5) is 0. The van der Waals surface area contributed by atoms with Crippen molar-refractivity contribution in [2.24, 2.45) is 5.73 Å². The van der Waals surface area contributed by atoms with E-state index in [0.29, 0.717) is 24.9 Å². The highest BCUT2D eigenvalue weighted by atomic mass is 19.1. The van der Waals surface area contributed by atoms with Crippen molar-refractivity contribution in [3.05, 3.63) is 23.3 Å². The van der Waals surface area contributed by atoms with Gasteiger partial charge in [0.1, 0.15) is 0 Å². The van der Waals surface area contributed by atoms with Crippen molar-refractivity contribution < 1.29 is 18.3 Å². The van der Waals surface area contributed by atoms with Crippen LogP contribution in [-0.2, 0) is 6.42 Å². The molecule has 2 N–H and O–H groups in total. The molecule has 0 spiro atoms. The van der Waals surface area contributed by atoms with Gasteiger partial charge in [-0.1, -0.05) is 0 Å². The van der Waals surface area contributed by atoms with Crippen molar-refractivity contribution >= 4 is 0 Å². The standard InChI is InChI=1S/C11H15F2NO2/c1-15-10-7(4-3-5-14)11(16-2)9(13)6-8(10)12/h6H,3-5,14H2,1-2H3. The predicted octanol–water partition coefficient (Wildman–Crippen LogP) is 1.87. The summed E-state index contributed by atoms with van der Waals surface area (Å²) in [6, 6.07) is 0.754. The largest absolute Gasteiger partial charge is 0.493 e. The molecule has 0 aliphatic carbocycles. The first-order valence-corrected chi connectivity index (χ1v) is 4.94. The Labute approximate surface area is 93.2 Å². The fourth-order valence-electron chi connectivity index (χ4n) is 1.58. The lowest BCUT2D eigenvalue weighted by atomic mass is 10.1. The lowest BCUT2D eigenvalue weighted by Crippen LogP contribution is -2.06. The van der Waals surface area contributed by atoms with Crippen LogP contribution in [0.3, 0.4) is 0 Å². The molecule has 0 aliphatic heterocycles. The van der Waals surface area contributed by atoms with Gasteiger partial charge in [-0.15, -0.1) is 0 Å². The van der Waals surface area contributed by atoms with E-state index in [4.69, 9.17) is 15.2 Å². The molecule has 0 heterocycles. The Morgan fingerprint density at radius 3 is 2.00 bits per heavy atom. The van der Waals surface area contributed by atoms with Crippen molar-refractivity contribution in [2.75, 3.05) is 20.8 Å².